The Labute approximate surface area is 211 Å². The van der Waals surface area contributed by atoms with Crippen molar-refractivity contribution in [1.29, 1.82) is 5.26 Å². The number of nitrogens with zero attached hydrogens (tertiary/aromatic N) is 3. The van der Waals surface area contributed by atoms with Crippen LogP contribution in [0.15, 0.2) is 54.6 Å². The predicted molar refractivity (Wildman–Crippen MR) is 137 cm³/mol. The Kier molecular flexibility index (Phi) is 8.03. The van der Waals surface area contributed by atoms with E-state index in [0.717, 1.165) is 11.1 Å². The lowest BCUT2D eigenvalue weighted by atomic mass is 9.86. The number of halogens is 1. The number of hydrogen-bond donors (Lipinski definition) is 0. The van der Waals surface area contributed by atoms with E-state index in [9.17, 15) is 10.1 Å². The summed E-state index contributed by atoms with van der Waals surface area (Å²) in [6.45, 7) is 9.76. The fourth-order valence-electron chi connectivity index (χ4n) is 3.67. The van der Waals surface area contributed by atoms with E-state index in [0.29, 0.717) is 22.0 Å². The molecule has 0 radical (unpaired) electrons. The van der Waals surface area contributed by atoms with E-state index >= 15 is 0 Å². The number of hydrogen-bond acceptors (Lipinski definition) is 5. The summed E-state index contributed by atoms with van der Waals surface area (Å²) in [5.74, 6) is -0.243. The molecule has 0 saturated carbocycles. The number of allylic oxidation sites excluding steroid dienone is 1. The van der Waals surface area contributed by atoms with Crippen molar-refractivity contribution < 1.29 is 14.3 Å². The Hall–Kier alpha value is -3.56. The van der Waals surface area contributed by atoms with Gasteiger partial charge in [-0.25, -0.2) is 0 Å². The van der Waals surface area contributed by atoms with Crippen molar-refractivity contribution in [3.63, 3.8) is 0 Å². The first-order valence-corrected chi connectivity index (χ1v) is 11.7. The first-order valence-electron chi connectivity index (χ1n) is 11.4. The van der Waals surface area contributed by atoms with Crippen LogP contribution in [0.25, 0.3) is 11.3 Å². The Bertz CT molecular complexity index is 1260. The number of esters is 1. The lowest BCUT2D eigenvalue weighted by Crippen LogP contribution is -2.20. The van der Waals surface area contributed by atoms with Gasteiger partial charge in [0.15, 0.2) is 5.76 Å². The average Bonchev–Trinajstić information content (AvgIpc) is 3.05. The summed E-state index contributed by atoms with van der Waals surface area (Å²) in [5, 5.41) is 14.9. The van der Waals surface area contributed by atoms with Gasteiger partial charge in [0, 0.05) is 14.0 Å². The number of ether oxygens (including phenoxy) is 2. The minimum atomic E-state index is -0.968. The van der Waals surface area contributed by atoms with Gasteiger partial charge in [0.1, 0.15) is 17.3 Å². The molecule has 1 heterocycles. The molecule has 0 aliphatic carbocycles. The fourth-order valence-corrected chi connectivity index (χ4v) is 3.92. The molecule has 0 amide bonds. The highest BCUT2D eigenvalue weighted by molar-refractivity contribution is 6.33. The number of carbonyl (C=O) groups excluding carboxylic acids is 1. The number of benzene rings is 2. The summed E-state index contributed by atoms with van der Waals surface area (Å²) in [7, 11) is 1.72. The zero-order valence-electron chi connectivity index (χ0n) is 20.9. The Morgan fingerprint density at radius 1 is 1.11 bits per heavy atom. The van der Waals surface area contributed by atoms with Crippen molar-refractivity contribution in [2.24, 2.45) is 7.05 Å². The summed E-state index contributed by atoms with van der Waals surface area (Å²) >= 11 is 6.56. The molecule has 0 fully saturated rings. The van der Waals surface area contributed by atoms with E-state index in [-0.39, 0.29) is 23.2 Å². The summed E-state index contributed by atoms with van der Waals surface area (Å²) in [6, 6.07) is 19.3. The largest absolute Gasteiger partial charge is 0.451 e. The molecule has 0 N–H and O–H groups in total. The molecule has 0 spiro atoms. The van der Waals surface area contributed by atoms with Gasteiger partial charge in [0.2, 0.25) is 6.29 Å². The van der Waals surface area contributed by atoms with Crippen molar-refractivity contribution in [3.05, 3.63) is 87.7 Å². The van der Waals surface area contributed by atoms with Gasteiger partial charge < -0.3 is 9.47 Å². The van der Waals surface area contributed by atoms with Gasteiger partial charge >= 0.3 is 5.97 Å². The van der Waals surface area contributed by atoms with E-state index in [2.05, 4.69) is 31.9 Å². The number of aryl methyl sites for hydroxylation is 2. The van der Waals surface area contributed by atoms with Crippen molar-refractivity contribution in [1.82, 2.24) is 9.78 Å². The van der Waals surface area contributed by atoms with Gasteiger partial charge in [-0.15, -0.1) is 0 Å². The minimum absolute atomic E-state index is 0.0295. The lowest BCUT2D eigenvalue weighted by Gasteiger charge is -2.21. The zero-order valence-corrected chi connectivity index (χ0v) is 21.7. The van der Waals surface area contributed by atoms with Crippen molar-refractivity contribution in [2.75, 3.05) is 0 Å². The smallest absolute Gasteiger partial charge is 0.313 e. The maximum atomic E-state index is 12.5. The van der Waals surface area contributed by atoms with Crippen LogP contribution >= 0.6 is 11.6 Å². The molecule has 3 rings (SSSR count). The van der Waals surface area contributed by atoms with Crippen LogP contribution in [0, 0.1) is 18.3 Å². The SMILES string of the molecule is Cc1nn(C)c(/C(OC(C)OC(=O)Cc2ccccc2)=C(\C#N)c2ccc(C(C)(C)C)cc2)c1Cl. The second-order valence-corrected chi connectivity index (χ2v) is 9.73. The Morgan fingerprint density at radius 3 is 2.26 bits per heavy atom. The molecule has 35 heavy (non-hydrogen) atoms. The highest BCUT2D eigenvalue weighted by Gasteiger charge is 2.25. The first kappa shape index (κ1) is 26.1. The van der Waals surface area contributed by atoms with Crippen LogP contribution in [0.3, 0.4) is 0 Å². The third-order valence-electron chi connectivity index (χ3n) is 5.52. The molecule has 7 heteroatoms. The van der Waals surface area contributed by atoms with Crippen LogP contribution in [-0.4, -0.2) is 22.0 Å². The molecule has 3 aromatic rings. The molecule has 1 unspecified atom stereocenters. The summed E-state index contributed by atoms with van der Waals surface area (Å²) in [4.78, 5) is 12.5. The molecule has 0 bridgehead atoms. The standard InChI is InChI=1S/C28H30ClN3O3/c1-18-25(29)26(32(6)31-18)27(23(17-30)21-12-14-22(15-13-21)28(3,4)5)35-19(2)34-24(33)16-20-10-8-7-9-11-20/h7-15,19H,16H2,1-6H3/b27-23-. The van der Waals surface area contributed by atoms with E-state index in [1.165, 1.54) is 0 Å². The van der Waals surface area contributed by atoms with Crippen LogP contribution in [0.1, 0.15) is 55.8 Å². The van der Waals surface area contributed by atoms with E-state index in [1.54, 1.807) is 25.6 Å². The number of carbonyl (C=O) groups is 1. The molecule has 0 saturated heterocycles. The summed E-state index contributed by atoms with van der Waals surface area (Å²) in [5.41, 5.74) is 3.90. The molecular weight excluding hydrogens is 462 g/mol. The van der Waals surface area contributed by atoms with Crippen LogP contribution in [0.2, 0.25) is 5.02 Å². The third-order valence-corrected chi connectivity index (χ3v) is 5.97. The highest BCUT2D eigenvalue weighted by atomic mass is 35.5. The van der Waals surface area contributed by atoms with Gasteiger partial charge in [0.25, 0.3) is 0 Å². The Balaban J connectivity index is 1.98. The van der Waals surface area contributed by atoms with Crippen LogP contribution < -0.4 is 0 Å². The predicted octanol–water partition coefficient (Wildman–Crippen LogP) is 6.22. The average molecular weight is 492 g/mol. The monoisotopic (exact) mass is 491 g/mol. The fraction of sp³-hybridized carbons (Fsp3) is 0.321. The Morgan fingerprint density at radius 2 is 1.74 bits per heavy atom. The molecule has 6 nitrogen and oxygen atoms in total. The van der Waals surface area contributed by atoms with Gasteiger partial charge in [-0.3, -0.25) is 9.48 Å². The van der Waals surface area contributed by atoms with Gasteiger partial charge in [-0.1, -0.05) is 87.0 Å². The van der Waals surface area contributed by atoms with Crippen LogP contribution in [-0.2, 0) is 33.2 Å². The minimum Gasteiger partial charge on any atom is -0.451 e. The second kappa shape index (κ2) is 10.8. The molecule has 0 aliphatic rings. The van der Waals surface area contributed by atoms with Crippen LogP contribution in [0.5, 0.6) is 0 Å². The maximum absolute atomic E-state index is 12.5. The molecule has 1 aromatic heterocycles. The lowest BCUT2D eigenvalue weighted by molar-refractivity contribution is -0.163. The van der Waals surface area contributed by atoms with Gasteiger partial charge in [0.05, 0.1) is 17.1 Å². The number of aromatic nitrogens is 2. The van der Waals surface area contributed by atoms with Crippen molar-refractivity contribution in [3.8, 4) is 6.07 Å². The van der Waals surface area contributed by atoms with E-state index < -0.39 is 12.3 Å². The van der Waals surface area contributed by atoms with E-state index in [1.807, 2.05) is 54.6 Å². The molecule has 0 aliphatic heterocycles. The van der Waals surface area contributed by atoms with Gasteiger partial charge in [-0.2, -0.15) is 10.4 Å². The molecule has 2 aromatic carbocycles. The molecular formula is C28H30ClN3O3. The number of nitriles is 1. The topological polar surface area (TPSA) is 77.1 Å². The molecule has 1 atom stereocenters. The van der Waals surface area contributed by atoms with Crippen molar-refractivity contribution >= 4 is 28.9 Å². The first-order chi connectivity index (χ1) is 16.5. The molecule has 182 valence electrons. The zero-order chi connectivity index (χ0) is 25.8. The third kappa shape index (κ3) is 6.32. The number of rotatable bonds is 7. The summed E-state index contributed by atoms with van der Waals surface area (Å²) in [6.07, 6.45) is -0.858. The summed E-state index contributed by atoms with van der Waals surface area (Å²) < 4.78 is 13.2. The van der Waals surface area contributed by atoms with Gasteiger partial charge in [-0.05, 0) is 29.0 Å². The second-order valence-electron chi connectivity index (χ2n) is 9.35. The normalized spacial score (nSPS) is 13.0. The highest BCUT2D eigenvalue weighted by Crippen LogP contribution is 2.35. The quantitative estimate of drug-likeness (QED) is 0.170. The van der Waals surface area contributed by atoms with Crippen molar-refractivity contribution in [2.45, 2.75) is 52.7 Å². The van der Waals surface area contributed by atoms with Crippen LogP contribution in [0.4, 0.5) is 0 Å². The van der Waals surface area contributed by atoms with E-state index in [4.69, 9.17) is 21.1 Å². The maximum Gasteiger partial charge on any atom is 0.313 e.